The first-order valence-electron chi connectivity index (χ1n) is 7.29. The zero-order valence-corrected chi connectivity index (χ0v) is 12.1. The first-order valence-corrected chi connectivity index (χ1v) is 7.29. The highest BCUT2D eigenvalue weighted by molar-refractivity contribution is 5.94. The molecule has 0 aliphatic rings. The van der Waals surface area contributed by atoms with Gasteiger partial charge in [-0.05, 0) is 37.6 Å². The topological polar surface area (TPSA) is 38.3 Å². The van der Waals surface area contributed by atoms with Gasteiger partial charge in [-0.3, -0.25) is 4.79 Å². The number of nitrogens with one attached hydrogen (secondary N) is 1. The molecule has 0 saturated carbocycles. The Morgan fingerprint density at radius 1 is 1.05 bits per heavy atom. The number of unbranched alkanes of at least 4 members (excludes halogenated alkanes) is 4. The number of rotatable bonds is 9. The van der Waals surface area contributed by atoms with E-state index in [9.17, 15) is 4.79 Å². The van der Waals surface area contributed by atoms with Crippen LogP contribution in [0.25, 0.3) is 0 Å². The summed E-state index contributed by atoms with van der Waals surface area (Å²) >= 11 is 0. The number of hydrogen-bond donors (Lipinski definition) is 1. The minimum atomic E-state index is -0.0337. The Labute approximate surface area is 116 Å². The van der Waals surface area contributed by atoms with E-state index in [1.807, 2.05) is 19.1 Å². The lowest BCUT2D eigenvalue weighted by Crippen LogP contribution is -2.22. The average molecular weight is 263 g/mol. The highest BCUT2D eigenvalue weighted by Gasteiger charge is 2.03. The van der Waals surface area contributed by atoms with Gasteiger partial charge in [0.1, 0.15) is 5.75 Å². The summed E-state index contributed by atoms with van der Waals surface area (Å²) in [6.45, 7) is 5.53. The molecule has 0 spiro atoms. The summed E-state index contributed by atoms with van der Waals surface area (Å²) in [5, 5.41) is 2.77. The third-order valence-electron chi connectivity index (χ3n) is 2.97. The van der Waals surface area contributed by atoms with Gasteiger partial charge >= 0.3 is 0 Å². The predicted octanol–water partition coefficient (Wildman–Crippen LogP) is 3.79. The minimum absolute atomic E-state index is 0.0337. The quantitative estimate of drug-likeness (QED) is 0.688. The van der Waals surface area contributed by atoms with Gasteiger partial charge in [-0.2, -0.15) is 0 Å². The highest BCUT2D eigenvalue weighted by Crippen LogP contribution is 2.13. The second-order valence-electron chi connectivity index (χ2n) is 4.65. The molecule has 0 atom stereocenters. The van der Waals surface area contributed by atoms with Crippen LogP contribution in [0.5, 0.6) is 5.75 Å². The first-order chi connectivity index (χ1) is 9.27. The fourth-order valence-corrected chi connectivity index (χ4v) is 1.86. The molecule has 3 heteroatoms. The first kappa shape index (κ1) is 15.5. The van der Waals surface area contributed by atoms with Crippen LogP contribution in [0.15, 0.2) is 24.3 Å². The van der Waals surface area contributed by atoms with Gasteiger partial charge in [-0.15, -0.1) is 0 Å². The number of amides is 1. The molecule has 1 rings (SSSR count). The maximum Gasteiger partial charge on any atom is 0.251 e. The molecule has 106 valence electrons. The second kappa shape index (κ2) is 9.42. The Morgan fingerprint density at radius 2 is 1.74 bits per heavy atom. The molecule has 0 radical (unpaired) electrons. The van der Waals surface area contributed by atoms with Crippen molar-refractivity contribution in [2.24, 2.45) is 0 Å². The molecule has 0 aromatic heterocycles. The Balaban J connectivity index is 2.26. The van der Waals surface area contributed by atoms with Crippen LogP contribution >= 0.6 is 0 Å². The van der Waals surface area contributed by atoms with Gasteiger partial charge < -0.3 is 10.1 Å². The van der Waals surface area contributed by atoms with Gasteiger partial charge in [0.05, 0.1) is 6.61 Å². The Morgan fingerprint density at radius 3 is 2.37 bits per heavy atom. The molecule has 1 N–H and O–H groups in total. The molecule has 3 nitrogen and oxygen atoms in total. The fraction of sp³-hybridized carbons (Fsp3) is 0.562. The van der Waals surface area contributed by atoms with E-state index in [-0.39, 0.29) is 5.91 Å². The van der Waals surface area contributed by atoms with Crippen LogP contribution in [0.2, 0.25) is 0 Å². The van der Waals surface area contributed by atoms with E-state index in [0.29, 0.717) is 12.1 Å². The zero-order chi connectivity index (χ0) is 13.9. The number of carbonyl (C=O) groups excluding carboxylic acids is 1. The summed E-state index contributed by atoms with van der Waals surface area (Å²) in [5.74, 6) is 0.803. The van der Waals surface area contributed by atoms with Crippen molar-refractivity contribution in [3.63, 3.8) is 0 Å². The van der Waals surface area contributed by atoms with Crippen molar-refractivity contribution in [1.29, 1.82) is 0 Å². The molecule has 1 aromatic rings. The lowest BCUT2D eigenvalue weighted by atomic mass is 10.2. The minimum Gasteiger partial charge on any atom is -0.494 e. The summed E-state index contributed by atoms with van der Waals surface area (Å²) in [4.78, 5) is 11.6. The molecule has 0 saturated heterocycles. The Kier molecular flexibility index (Phi) is 7.71. The van der Waals surface area contributed by atoms with Gasteiger partial charge in [0, 0.05) is 12.1 Å². The summed E-state index contributed by atoms with van der Waals surface area (Å²) in [6.07, 6.45) is 6.18. The van der Waals surface area contributed by atoms with Crippen LogP contribution < -0.4 is 10.1 Å². The van der Waals surface area contributed by atoms with Crippen molar-refractivity contribution < 1.29 is 9.53 Å². The van der Waals surface area contributed by atoms with E-state index < -0.39 is 0 Å². The molecule has 1 amide bonds. The Hall–Kier alpha value is -1.51. The van der Waals surface area contributed by atoms with Crippen LogP contribution in [0.3, 0.4) is 0 Å². The number of benzene rings is 1. The van der Waals surface area contributed by atoms with Crippen molar-refractivity contribution in [3.05, 3.63) is 29.8 Å². The lowest BCUT2D eigenvalue weighted by Gasteiger charge is -2.07. The Bertz CT molecular complexity index is 360. The molecule has 0 fully saturated rings. The summed E-state index contributed by atoms with van der Waals surface area (Å²) in [5.41, 5.74) is 0.678. The molecular weight excluding hydrogens is 238 g/mol. The maximum atomic E-state index is 11.6. The zero-order valence-electron chi connectivity index (χ0n) is 12.1. The molecule has 0 unspecified atom stereocenters. The number of hydrogen-bond acceptors (Lipinski definition) is 2. The standard InChI is InChI=1S/C16H25NO2/c1-3-5-6-7-8-13-19-15-11-9-14(10-12-15)16(18)17-4-2/h9-12H,3-8,13H2,1-2H3,(H,17,18). The highest BCUT2D eigenvalue weighted by atomic mass is 16.5. The largest absolute Gasteiger partial charge is 0.494 e. The van der Waals surface area contributed by atoms with Crippen molar-refractivity contribution in [1.82, 2.24) is 5.32 Å². The van der Waals surface area contributed by atoms with Crippen LogP contribution in [0.1, 0.15) is 56.3 Å². The van der Waals surface area contributed by atoms with Crippen LogP contribution in [-0.4, -0.2) is 19.1 Å². The lowest BCUT2D eigenvalue weighted by molar-refractivity contribution is 0.0956. The van der Waals surface area contributed by atoms with E-state index in [1.165, 1.54) is 25.7 Å². The van der Waals surface area contributed by atoms with Gasteiger partial charge in [0.2, 0.25) is 0 Å². The van der Waals surface area contributed by atoms with E-state index in [1.54, 1.807) is 12.1 Å². The van der Waals surface area contributed by atoms with Crippen LogP contribution in [0.4, 0.5) is 0 Å². The molecular formula is C16H25NO2. The molecule has 0 bridgehead atoms. The van der Waals surface area contributed by atoms with Crippen LogP contribution in [0, 0.1) is 0 Å². The molecule has 1 aromatic carbocycles. The van der Waals surface area contributed by atoms with Gasteiger partial charge in [0.25, 0.3) is 5.91 Å². The normalized spacial score (nSPS) is 10.2. The molecule has 0 aliphatic heterocycles. The fourth-order valence-electron chi connectivity index (χ4n) is 1.86. The van der Waals surface area contributed by atoms with E-state index >= 15 is 0 Å². The van der Waals surface area contributed by atoms with Crippen molar-refractivity contribution in [2.45, 2.75) is 46.0 Å². The van der Waals surface area contributed by atoms with Crippen molar-refractivity contribution >= 4 is 5.91 Å². The maximum absolute atomic E-state index is 11.6. The van der Waals surface area contributed by atoms with Crippen molar-refractivity contribution in [3.8, 4) is 5.75 Å². The number of carbonyl (C=O) groups is 1. The summed E-state index contributed by atoms with van der Waals surface area (Å²) < 4.78 is 5.65. The van der Waals surface area contributed by atoms with Gasteiger partial charge in [-0.1, -0.05) is 32.6 Å². The molecule has 19 heavy (non-hydrogen) atoms. The third-order valence-corrected chi connectivity index (χ3v) is 2.97. The second-order valence-corrected chi connectivity index (χ2v) is 4.65. The molecule has 0 aliphatic carbocycles. The van der Waals surface area contributed by atoms with Crippen LogP contribution in [-0.2, 0) is 0 Å². The van der Waals surface area contributed by atoms with E-state index in [2.05, 4.69) is 12.2 Å². The molecule has 0 heterocycles. The van der Waals surface area contributed by atoms with Crippen molar-refractivity contribution in [2.75, 3.05) is 13.2 Å². The number of ether oxygens (including phenoxy) is 1. The van der Waals surface area contributed by atoms with E-state index in [4.69, 9.17) is 4.74 Å². The smallest absolute Gasteiger partial charge is 0.251 e. The summed E-state index contributed by atoms with van der Waals surface area (Å²) in [6, 6.07) is 7.32. The summed E-state index contributed by atoms with van der Waals surface area (Å²) in [7, 11) is 0. The average Bonchev–Trinajstić information content (AvgIpc) is 2.43. The SMILES string of the molecule is CCCCCCCOc1ccc(C(=O)NCC)cc1. The third kappa shape index (κ3) is 6.27. The van der Waals surface area contributed by atoms with E-state index in [0.717, 1.165) is 18.8 Å². The monoisotopic (exact) mass is 263 g/mol. The van der Waals surface area contributed by atoms with Gasteiger partial charge in [-0.25, -0.2) is 0 Å². The van der Waals surface area contributed by atoms with Gasteiger partial charge in [0.15, 0.2) is 0 Å². The predicted molar refractivity (Wildman–Crippen MR) is 78.7 cm³/mol.